The van der Waals surface area contributed by atoms with E-state index in [-0.39, 0.29) is 5.78 Å². The summed E-state index contributed by atoms with van der Waals surface area (Å²) in [6, 6.07) is 4.04. The Labute approximate surface area is 122 Å². The van der Waals surface area contributed by atoms with Crippen LogP contribution < -0.4 is 4.74 Å². The van der Waals surface area contributed by atoms with E-state index >= 15 is 0 Å². The molecular weight excluding hydrogens is 308 g/mol. The van der Waals surface area contributed by atoms with E-state index in [2.05, 4.69) is 22.0 Å². The molecule has 0 aromatic heterocycles. The van der Waals surface area contributed by atoms with Gasteiger partial charge in [0.15, 0.2) is 0 Å². The Morgan fingerprint density at radius 1 is 1.47 bits per heavy atom. The molecule has 0 saturated carbocycles. The zero-order valence-corrected chi connectivity index (χ0v) is 13.2. The molecule has 4 heteroatoms. The SMILES string of the molecule is COC(C)(C)CC(=O)Cc1cc(Br)cc2c1OCC2. The van der Waals surface area contributed by atoms with Crippen molar-refractivity contribution in [2.24, 2.45) is 0 Å². The molecule has 0 spiro atoms. The van der Waals surface area contributed by atoms with Gasteiger partial charge in [0.2, 0.25) is 0 Å². The molecule has 1 aliphatic rings. The van der Waals surface area contributed by atoms with Crippen molar-refractivity contribution < 1.29 is 14.3 Å². The normalized spacial score (nSPS) is 14.1. The zero-order chi connectivity index (χ0) is 14.0. The van der Waals surface area contributed by atoms with Crippen molar-refractivity contribution in [2.75, 3.05) is 13.7 Å². The average molecular weight is 327 g/mol. The molecule has 0 saturated heterocycles. The van der Waals surface area contributed by atoms with Crippen LogP contribution in [0.4, 0.5) is 0 Å². The highest BCUT2D eigenvalue weighted by atomic mass is 79.9. The summed E-state index contributed by atoms with van der Waals surface area (Å²) in [6.45, 7) is 4.55. The van der Waals surface area contributed by atoms with Gasteiger partial charge in [-0.2, -0.15) is 0 Å². The molecule has 0 unspecified atom stereocenters. The first-order valence-electron chi connectivity index (χ1n) is 6.42. The zero-order valence-electron chi connectivity index (χ0n) is 11.6. The molecule has 0 bridgehead atoms. The summed E-state index contributed by atoms with van der Waals surface area (Å²) < 4.78 is 11.9. The Kier molecular flexibility index (Phi) is 4.31. The first kappa shape index (κ1) is 14.5. The van der Waals surface area contributed by atoms with E-state index in [4.69, 9.17) is 9.47 Å². The van der Waals surface area contributed by atoms with Gasteiger partial charge in [-0.25, -0.2) is 0 Å². The van der Waals surface area contributed by atoms with Gasteiger partial charge in [-0.05, 0) is 31.5 Å². The molecule has 0 atom stereocenters. The van der Waals surface area contributed by atoms with E-state index in [1.807, 2.05) is 19.9 Å². The Balaban J connectivity index is 2.14. The van der Waals surface area contributed by atoms with Crippen LogP contribution in [-0.2, 0) is 22.4 Å². The van der Waals surface area contributed by atoms with Gasteiger partial charge in [-0.15, -0.1) is 0 Å². The van der Waals surface area contributed by atoms with Crippen LogP contribution in [0.1, 0.15) is 31.4 Å². The highest BCUT2D eigenvalue weighted by Gasteiger charge is 2.24. The van der Waals surface area contributed by atoms with Gasteiger partial charge >= 0.3 is 0 Å². The minimum atomic E-state index is -0.410. The number of ketones is 1. The summed E-state index contributed by atoms with van der Waals surface area (Å²) in [7, 11) is 1.63. The van der Waals surface area contributed by atoms with Crippen LogP contribution in [0, 0.1) is 0 Å². The van der Waals surface area contributed by atoms with Gasteiger partial charge in [-0.3, -0.25) is 4.79 Å². The number of Topliss-reactive ketones (excluding diaryl/α,β-unsaturated/α-hetero) is 1. The van der Waals surface area contributed by atoms with Gasteiger partial charge in [-0.1, -0.05) is 15.9 Å². The van der Waals surface area contributed by atoms with Crippen LogP contribution in [0.2, 0.25) is 0 Å². The first-order valence-corrected chi connectivity index (χ1v) is 7.21. The molecule has 19 heavy (non-hydrogen) atoms. The lowest BCUT2D eigenvalue weighted by molar-refractivity contribution is -0.123. The maximum absolute atomic E-state index is 12.1. The van der Waals surface area contributed by atoms with Crippen LogP contribution in [0.15, 0.2) is 16.6 Å². The Morgan fingerprint density at radius 2 is 2.21 bits per heavy atom. The maximum Gasteiger partial charge on any atom is 0.140 e. The minimum absolute atomic E-state index is 0.169. The average Bonchev–Trinajstić information content (AvgIpc) is 2.76. The summed E-state index contributed by atoms with van der Waals surface area (Å²) in [5.74, 6) is 1.06. The number of carbonyl (C=O) groups is 1. The van der Waals surface area contributed by atoms with Crippen molar-refractivity contribution in [3.05, 3.63) is 27.7 Å². The second-order valence-electron chi connectivity index (χ2n) is 5.51. The van der Waals surface area contributed by atoms with Gasteiger partial charge in [0.05, 0.1) is 12.2 Å². The minimum Gasteiger partial charge on any atom is -0.493 e. The molecule has 0 amide bonds. The predicted molar refractivity (Wildman–Crippen MR) is 77.8 cm³/mol. The van der Waals surface area contributed by atoms with Crippen LogP contribution >= 0.6 is 15.9 Å². The fraction of sp³-hybridized carbons (Fsp3) is 0.533. The van der Waals surface area contributed by atoms with Crippen LogP contribution in [0.5, 0.6) is 5.75 Å². The fourth-order valence-electron chi connectivity index (χ4n) is 2.30. The van der Waals surface area contributed by atoms with Crippen LogP contribution in [0.3, 0.4) is 0 Å². The smallest absolute Gasteiger partial charge is 0.140 e. The largest absolute Gasteiger partial charge is 0.493 e. The molecule has 2 rings (SSSR count). The van der Waals surface area contributed by atoms with Crippen LogP contribution in [0.25, 0.3) is 0 Å². The van der Waals surface area contributed by atoms with Crippen LogP contribution in [-0.4, -0.2) is 25.1 Å². The number of hydrogen-bond donors (Lipinski definition) is 0. The first-order chi connectivity index (χ1) is 8.91. The molecule has 0 aliphatic carbocycles. The molecule has 0 N–H and O–H groups in total. The predicted octanol–water partition coefficient (Wildman–Crippen LogP) is 3.31. The summed E-state index contributed by atoms with van der Waals surface area (Å²) in [6.07, 6.45) is 1.72. The highest BCUT2D eigenvalue weighted by molar-refractivity contribution is 9.10. The van der Waals surface area contributed by atoms with Crippen molar-refractivity contribution in [1.82, 2.24) is 0 Å². The van der Waals surface area contributed by atoms with Crippen molar-refractivity contribution >= 4 is 21.7 Å². The van der Waals surface area contributed by atoms with E-state index in [0.717, 1.165) is 22.2 Å². The van der Waals surface area contributed by atoms with Gasteiger partial charge < -0.3 is 9.47 Å². The number of hydrogen-bond acceptors (Lipinski definition) is 3. The van der Waals surface area contributed by atoms with Crippen molar-refractivity contribution in [2.45, 2.75) is 38.7 Å². The quantitative estimate of drug-likeness (QED) is 0.832. The lowest BCUT2D eigenvalue weighted by atomic mass is 9.96. The van der Waals surface area contributed by atoms with E-state index in [0.29, 0.717) is 19.4 Å². The third-order valence-corrected chi connectivity index (χ3v) is 3.85. The Morgan fingerprint density at radius 3 is 2.89 bits per heavy atom. The Bertz CT molecular complexity index is 494. The van der Waals surface area contributed by atoms with Crippen molar-refractivity contribution in [1.29, 1.82) is 0 Å². The number of carbonyl (C=O) groups excluding carboxylic acids is 1. The molecule has 1 aromatic carbocycles. The topological polar surface area (TPSA) is 35.5 Å². The molecule has 1 aromatic rings. The van der Waals surface area contributed by atoms with Crippen molar-refractivity contribution in [3.63, 3.8) is 0 Å². The van der Waals surface area contributed by atoms with Gasteiger partial charge in [0.25, 0.3) is 0 Å². The van der Waals surface area contributed by atoms with E-state index < -0.39 is 5.60 Å². The molecule has 1 aliphatic heterocycles. The maximum atomic E-state index is 12.1. The number of methoxy groups -OCH3 is 1. The number of ether oxygens (including phenoxy) is 2. The summed E-state index contributed by atoms with van der Waals surface area (Å²) in [5.41, 5.74) is 1.74. The number of benzene rings is 1. The van der Waals surface area contributed by atoms with Gasteiger partial charge in [0.1, 0.15) is 11.5 Å². The molecular formula is C15H19BrO3. The third-order valence-electron chi connectivity index (χ3n) is 3.39. The summed E-state index contributed by atoms with van der Waals surface area (Å²) in [5, 5.41) is 0. The molecule has 104 valence electrons. The van der Waals surface area contributed by atoms with E-state index in [1.165, 1.54) is 5.56 Å². The lowest BCUT2D eigenvalue weighted by Crippen LogP contribution is -2.27. The lowest BCUT2D eigenvalue weighted by Gasteiger charge is -2.22. The Hall–Kier alpha value is -0.870. The standard InChI is InChI=1S/C15H19BrO3/c1-15(2,18-3)9-13(17)8-11-7-12(16)6-10-4-5-19-14(10)11/h6-7H,4-5,8-9H2,1-3H3. The molecule has 0 radical (unpaired) electrons. The molecule has 3 nitrogen and oxygen atoms in total. The number of halogens is 1. The monoisotopic (exact) mass is 326 g/mol. The molecule has 1 heterocycles. The summed E-state index contributed by atoms with van der Waals surface area (Å²) >= 11 is 3.49. The number of rotatable bonds is 5. The van der Waals surface area contributed by atoms with E-state index in [1.54, 1.807) is 7.11 Å². The third kappa shape index (κ3) is 3.57. The fourth-order valence-corrected chi connectivity index (χ4v) is 2.85. The molecule has 0 fully saturated rings. The van der Waals surface area contributed by atoms with Crippen molar-refractivity contribution in [3.8, 4) is 5.75 Å². The number of fused-ring (bicyclic) bond motifs is 1. The highest BCUT2D eigenvalue weighted by Crippen LogP contribution is 2.33. The second-order valence-corrected chi connectivity index (χ2v) is 6.42. The van der Waals surface area contributed by atoms with Gasteiger partial charge in [0, 0.05) is 36.4 Å². The summed E-state index contributed by atoms with van der Waals surface area (Å²) in [4.78, 5) is 12.1. The van der Waals surface area contributed by atoms with E-state index in [9.17, 15) is 4.79 Å². The second kappa shape index (κ2) is 5.63.